The predicted octanol–water partition coefficient (Wildman–Crippen LogP) is 5.37. The summed E-state index contributed by atoms with van der Waals surface area (Å²) in [4.78, 5) is 24.9. The summed E-state index contributed by atoms with van der Waals surface area (Å²) in [6.07, 6.45) is 0.408. The predicted molar refractivity (Wildman–Crippen MR) is 126 cm³/mol. The highest BCUT2D eigenvalue weighted by molar-refractivity contribution is 5.89. The van der Waals surface area contributed by atoms with Crippen molar-refractivity contribution in [3.63, 3.8) is 0 Å². The summed E-state index contributed by atoms with van der Waals surface area (Å²) in [6, 6.07) is 18.1. The molecule has 3 atom stereocenters. The maximum Gasteiger partial charge on any atom is 0.385 e. The average molecular weight is 458 g/mol. The van der Waals surface area contributed by atoms with Crippen LogP contribution in [-0.4, -0.2) is 17.5 Å². The summed E-state index contributed by atoms with van der Waals surface area (Å²) in [6.45, 7) is 10.7. The molecule has 0 amide bonds. The first-order valence-corrected chi connectivity index (χ1v) is 10.9. The van der Waals surface area contributed by atoms with Crippen molar-refractivity contribution in [2.45, 2.75) is 39.4 Å². The fourth-order valence-electron chi connectivity index (χ4n) is 3.51. The minimum Gasteiger partial charge on any atom is -0.457 e. The molecule has 0 aliphatic heterocycles. The van der Waals surface area contributed by atoms with Gasteiger partial charge >= 0.3 is 11.9 Å². The Morgan fingerprint density at radius 3 is 2.44 bits per heavy atom. The third kappa shape index (κ3) is 5.85. The molecule has 3 rings (SSSR count). The van der Waals surface area contributed by atoms with Crippen molar-refractivity contribution in [1.82, 2.24) is 0 Å². The van der Waals surface area contributed by atoms with Gasteiger partial charge in [-0.3, -0.25) is 4.79 Å². The number of carbonyl (C=O) groups excluding carboxylic acids is 2. The summed E-state index contributed by atoms with van der Waals surface area (Å²) < 4.78 is 16.6. The van der Waals surface area contributed by atoms with Crippen LogP contribution in [-0.2, 0) is 19.1 Å². The van der Waals surface area contributed by atoms with Crippen LogP contribution in [0.4, 0.5) is 0 Å². The molecule has 1 fully saturated rings. The van der Waals surface area contributed by atoms with E-state index in [9.17, 15) is 14.9 Å². The van der Waals surface area contributed by atoms with E-state index in [0.717, 1.165) is 0 Å². The Labute approximate surface area is 200 Å². The number of hydrogen-bond acceptors (Lipinski definition) is 6. The molecular formula is C28H27NO5. The van der Waals surface area contributed by atoms with Crippen LogP contribution in [0, 0.1) is 40.4 Å². The molecule has 0 aromatic heterocycles. The molecule has 1 aliphatic carbocycles. The molecule has 2 aromatic carbocycles. The third-order valence-corrected chi connectivity index (χ3v) is 5.75. The fourth-order valence-corrected chi connectivity index (χ4v) is 3.51. The maximum atomic E-state index is 12.9. The Bertz CT molecular complexity index is 1180. The molecule has 0 spiro atoms. The molecule has 34 heavy (non-hydrogen) atoms. The van der Waals surface area contributed by atoms with Gasteiger partial charge in [-0.25, -0.2) is 4.79 Å². The fraction of sp³-hybridized carbons (Fsp3) is 0.321. The molecule has 6 heteroatoms. The van der Waals surface area contributed by atoms with E-state index < -0.39 is 35.0 Å². The summed E-state index contributed by atoms with van der Waals surface area (Å²) in [5.41, 5.74) is -0.820. The van der Waals surface area contributed by atoms with Gasteiger partial charge in [-0.1, -0.05) is 56.7 Å². The monoisotopic (exact) mass is 457 g/mol. The molecular weight excluding hydrogens is 430 g/mol. The third-order valence-electron chi connectivity index (χ3n) is 5.75. The highest BCUT2D eigenvalue weighted by atomic mass is 16.6. The SMILES string of the molecule is C=CC(C)(C)OC(=O)C#C[C@H]1[C@@H](C(=O)O[C@H](C#N)c2cccc(Oc3ccccc3)c2)C1(C)C. The van der Waals surface area contributed by atoms with Crippen molar-refractivity contribution in [2.24, 2.45) is 17.3 Å². The van der Waals surface area contributed by atoms with Crippen molar-refractivity contribution < 1.29 is 23.8 Å². The van der Waals surface area contributed by atoms with Crippen LogP contribution in [0.2, 0.25) is 0 Å². The van der Waals surface area contributed by atoms with Crippen molar-refractivity contribution in [1.29, 1.82) is 5.26 Å². The quantitative estimate of drug-likeness (QED) is 0.240. The highest BCUT2D eigenvalue weighted by Crippen LogP contribution is 2.58. The number of para-hydroxylation sites is 1. The van der Waals surface area contributed by atoms with E-state index in [-0.39, 0.29) is 5.92 Å². The zero-order chi connectivity index (χ0) is 24.9. The van der Waals surface area contributed by atoms with Gasteiger partial charge in [-0.05, 0) is 49.6 Å². The Balaban J connectivity index is 1.67. The smallest absolute Gasteiger partial charge is 0.385 e. The lowest BCUT2D eigenvalue weighted by molar-refractivity contribution is -0.149. The molecule has 174 valence electrons. The van der Waals surface area contributed by atoms with Crippen LogP contribution in [0.3, 0.4) is 0 Å². The minimum absolute atomic E-state index is 0.383. The average Bonchev–Trinajstić information content (AvgIpc) is 3.36. The molecule has 0 heterocycles. The second-order valence-electron chi connectivity index (χ2n) is 9.18. The second-order valence-corrected chi connectivity index (χ2v) is 9.18. The van der Waals surface area contributed by atoms with E-state index >= 15 is 0 Å². The van der Waals surface area contributed by atoms with Gasteiger partial charge in [0.05, 0.1) is 5.92 Å². The van der Waals surface area contributed by atoms with Crippen LogP contribution in [0.5, 0.6) is 11.5 Å². The van der Waals surface area contributed by atoms with Gasteiger partial charge in [0.1, 0.15) is 23.2 Å². The van der Waals surface area contributed by atoms with Gasteiger partial charge in [0.15, 0.2) is 0 Å². The van der Waals surface area contributed by atoms with Crippen molar-refractivity contribution in [3.8, 4) is 29.4 Å². The van der Waals surface area contributed by atoms with Crippen LogP contribution >= 0.6 is 0 Å². The molecule has 0 radical (unpaired) electrons. The van der Waals surface area contributed by atoms with Crippen LogP contribution in [0.25, 0.3) is 0 Å². The topological polar surface area (TPSA) is 85.6 Å². The summed E-state index contributed by atoms with van der Waals surface area (Å²) in [5, 5.41) is 9.65. The second kappa shape index (κ2) is 9.85. The summed E-state index contributed by atoms with van der Waals surface area (Å²) >= 11 is 0. The number of esters is 2. The number of rotatable bonds is 7. The van der Waals surface area contributed by atoms with E-state index in [0.29, 0.717) is 17.1 Å². The largest absolute Gasteiger partial charge is 0.457 e. The number of benzene rings is 2. The van der Waals surface area contributed by atoms with Crippen LogP contribution in [0.1, 0.15) is 39.4 Å². The Hall–Kier alpha value is -4.03. The van der Waals surface area contributed by atoms with Crippen LogP contribution < -0.4 is 4.74 Å². The Kier molecular flexibility index (Phi) is 7.13. The molecule has 1 aliphatic rings. The van der Waals surface area contributed by atoms with E-state index in [2.05, 4.69) is 18.4 Å². The lowest BCUT2D eigenvalue weighted by Crippen LogP contribution is -2.24. The number of carbonyl (C=O) groups is 2. The molecule has 0 saturated heterocycles. The number of hydrogen-bond donors (Lipinski definition) is 0. The number of nitrogens with zero attached hydrogens (tertiary/aromatic N) is 1. The van der Waals surface area contributed by atoms with Gasteiger partial charge in [0, 0.05) is 17.4 Å². The number of nitriles is 1. The first-order valence-electron chi connectivity index (χ1n) is 10.9. The maximum absolute atomic E-state index is 12.9. The first-order chi connectivity index (χ1) is 16.1. The van der Waals surface area contributed by atoms with E-state index in [4.69, 9.17) is 14.2 Å². The normalized spacial score (nSPS) is 18.8. The van der Waals surface area contributed by atoms with Gasteiger partial charge in [0.2, 0.25) is 6.10 Å². The van der Waals surface area contributed by atoms with Gasteiger partial charge < -0.3 is 14.2 Å². The molecule has 6 nitrogen and oxygen atoms in total. The molecule has 1 saturated carbocycles. The lowest BCUT2D eigenvalue weighted by atomic mass is 10.1. The molecule has 0 bridgehead atoms. The summed E-state index contributed by atoms with van der Waals surface area (Å²) in [7, 11) is 0. The minimum atomic E-state index is -1.10. The number of ether oxygens (including phenoxy) is 3. The first kappa shape index (κ1) is 24.6. The molecule has 0 N–H and O–H groups in total. The lowest BCUT2D eigenvalue weighted by Gasteiger charge is -2.18. The highest BCUT2D eigenvalue weighted by Gasteiger charge is 2.62. The molecule has 0 unspecified atom stereocenters. The standard InChI is InChI=1S/C28H27NO5/c1-6-27(2,3)34-24(30)16-15-22-25(28(22,4)5)26(31)33-23(18-29)19-11-10-14-21(17-19)32-20-12-8-7-9-13-20/h6-14,17,22-23,25H,1H2,2-5H3/t22-,23+,25-/m0/s1. The zero-order valence-electron chi connectivity index (χ0n) is 19.7. The van der Waals surface area contributed by atoms with E-state index in [1.54, 1.807) is 38.1 Å². The van der Waals surface area contributed by atoms with Crippen molar-refractivity contribution in [2.75, 3.05) is 0 Å². The Morgan fingerprint density at radius 2 is 1.79 bits per heavy atom. The van der Waals surface area contributed by atoms with Crippen molar-refractivity contribution in [3.05, 3.63) is 72.8 Å². The molecule has 2 aromatic rings. The Morgan fingerprint density at radius 1 is 1.12 bits per heavy atom. The van der Waals surface area contributed by atoms with Gasteiger partial charge in [-0.2, -0.15) is 5.26 Å². The van der Waals surface area contributed by atoms with E-state index in [1.165, 1.54) is 6.08 Å². The zero-order valence-corrected chi connectivity index (χ0v) is 19.7. The summed E-state index contributed by atoms with van der Waals surface area (Å²) in [5.74, 6) is 4.30. The van der Waals surface area contributed by atoms with Crippen LogP contribution in [0.15, 0.2) is 67.3 Å². The van der Waals surface area contributed by atoms with Gasteiger partial charge in [0.25, 0.3) is 0 Å². The van der Waals surface area contributed by atoms with Crippen molar-refractivity contribution >= 4 is 11.9 Å². The van der Waals surface area contributed by atoms with E-state index in [1.807, 2.05) is 50.2 Å². The van der Waals surface area contributed by atoms with Gasteiger partial charge in [-0.15, -0.1) is 0 Å².